The molecule has 0 spiro atoms. The number of aromatic amines is 1. The number of aliphatic hydroxyl groups is 1. The molecule has 2 unspecified atom stereocenters. The zero-order valence-corrected chi connectivity index (χ0v) is 22.6. The summed E-state index contributed by atoms with van der Waals surface area (Å²) >= 11 is 0. The second kappa shape index (κ2) is 10.7. The minimum atomic E-state index is -0.871. The van der Waals surface area contributed by atoms with E-state index in [1.165, 1.54) is 33.2 Å². The Balaban J connectivity index is 1.24. The molecule has 3 aromatic rings. The summed E-state index contributed by atoms with van der Waals surface area (Å²) < 4.78 is 5.79. The van der Waals surface area contributed by atoms with Gasteiger partial charge in [-0.2, -0.15) is 0 Å². The first-order valence-corrected chi connectivity index (χ1v) is 13.6. The highest BCUT2D eigenvalue weighted by atomic mass is 16.5. The van der Waals surface area contributed by atoms with Gasteiger partial charge in [-0.1, -0.05) is 55.5 Å². The van der Waals surface area contributed by atoms with Crippen LogP contribution in [0.1, 0.15) is 56.7 Å². The lowest BCUT2D eigenvalue weighted by atomic mass is 9.91. The molecule has 1 heterocycles. The van der Waals surface area contributed by atoms with Crippen molar-refractivity contribution >= 4 is 16.6 Å². The van der Waals surface area contributed by atoms with Gasteiger partial charge in [0, 0.05) is 36.5 Å². The maximum absolute atomic E-state index is 10.5. The van der Waals surface area contributed by atoms with Crippen molar-refractivity contribution in [2.24, 2.45) is 5.92 Å². The van der Waals surface area contributed by atoms with Crippen LogP contribution in [0.3, 0.4) is 0 Å². The van der Waals surface area contributed by atoms with Crippen molar-refractivity contribution in [3.63, 3.8) is 0 Å². The number of rotatable bonds is 8. The Morgan fingerprint density at radius 2 is 1.95 bits per heavy atom. The third kappa shape index (κ3) is 5.61. The van der Waals surface area contributed by atoms with Crippen molar-refractivity contribution in [2.75, 3.05) is 19.0 Å². The minimum absolute atomic E-state index is 0.245. The van der Waals surface area contributed by atoms with Crippen LogP contribution in [0.25, 0.3) is 10.9 Å². The molecule has 3 N–H and O–H groups in total. The third-order valence-corrected chi connectivity index (χ3v) is 7.89. The van der Waals surface area contributed by atoms with Crippen LogP contribution in [0.5, 0.6) is 0 Å². The van der Waals surface area contributed by atoms with Gasteiger partial charge >= 0.3 is 0 Å². The average molecular weight is 497 g/mol. The zero-order valence-electron chi connectivity index (χ0n) is 22.6. The van der Waals surface area contributed by atoms with Gasteiger partial charge in [-0.25, -0.2) is 0 Å². The molecule has 5 rings (SSSR count). The summed E-state index contributed by atoms with van der Waals surface area (Å²) in [7, 11) is 1.84. The Labute approximate surface area is 221 Å². The van der Waals surface area contributed by atoms with Gasteiger partial charge in [-0.15, -0.1) is 0 Å². The van der Waals surface area contributed by atoms with Crippen molar-refractivity contribution in [2.45, 2.75) is 64.6 Å². The molecule has 2 atom stereocenters. The first-order valence-electron chi connectivity index (χ1n) is 13.6. The topological polar surface area (TPSA) is 57.3 Å². The third-order valence-electron chi connectivity index (χ3n) is 7.89. The molecule has 4 heteroatoms. The van der Waals surface area contributed by atoms with Gasteiger partial charge in [0.2, 0.25) is 0 Å². The van der Waals surface area contributed by atoms with E-state index in [1.54, 1.807) is 0 Å². The summed E-state index contributed by atoms with van der Waals surface area (Å²) in [6.45, 7) is 6.80. The number of hydrogen-bond donors (Lipinski definition) is 3. The fourth-order valence-corrected chi connectivity index (χ4v) is 5.78. The van der Waals surface area contributed by atoms with E-state index in [1.807, 2.05) is 33.1 Å². The number of allylic oxidation sites excluding steroid dienone is 4. The largest absolute Gasteiger partial charge is 0.386 e. The normalized spacial score (nSPS) is 20.1. The van der Waals surface area contributed by atoms with Crippen LogP contribution in [0, 0.1) is 5.92 Å². The Morgan fingerprint density at radius 1 is 1.14 bits per heavy atom. The number of H-pyrrole nitrogens is 1. The Kier molecular flexibility index (Phi) is 7.41. The molecular weight excluding hydrogens is 456 g/mol. The fourth-order valence-electron chi connectivity index (χ4n) is 5.78. The van der Waals surface area contributed by atoms with Gasteiger partial charge in [0.05, 0.1) is 17.2 Å². The number of methoxy groups -OCH3 is 1. The van der Waals surface area contributed by atoms with Crippen LogP contribution in [-0.4, -0.2) is 29.8 Å². The smallest absolute Gasteiger partial charge is 0.0860 e. The maximum Gasteiger partial charge on any atom is 0.0860 e. The molecular formula is C33H40N2O2. The van der Waals surface area contributed by atoms with Gasteiger partial charge in [0.1, 0.15) is 0 Å². The second-order valence-electron chi connectivity index (χ2n) is 11.1. The van der Waals surface area contributed by atoms with E-state index in [4.69, 9.17) is 4.74 Å². The summed E-state index contributed by atoms with van der Waals surface area (Å²) in [6, 6.07) is 15.0. The number of ether oxygens (including phenoxy) is 1. The van der Waals surface area contributed by atoms with Crippen molar-refractivity contribution in [3.05, 3.63) is 100 Å². The van der Waals surface area contributed by atoms with Crippen LogP contribution >= 0.6 is 0 Å². The fraction of sp³-hybridized carbons (Fsp3) is 0.394. The number of fused-ring (bicyclic) bond motifs is 2. The van der Waals surface area contributed by atoms with E-state index in [0.29, 0.717) is 5.92 Å². The number of hydrogen-bond acceptors (Lipinski definition) is 3. The zero-order chi connectivity index (χ0) is 26.0. The molecule has 0 amide bonds. The first kappa shape index (κ1) is 25.6. The van der Waals surface area contributed by atoms with Crippen molar-refractivity contribution in [1.82, 2.24) is 4.98 Å². The van der Waals surface area contributed by atoms with Gasteiger partial charge in [-0.3, -0.25) is 0 Å². The maximum atomic E-state index is 10.5. The van der Waals surface area contributed by atoms with Gasteiger partial charge < -0.3 is 20.1 Å². The molecule has 194 valence electrons. The summed E-state index contributed by atoms with van der Waals surface area (Å²) in [6.07, 6.45) is 14.6. The molecule has 0 bridgehead atoms. The van der Waals surface area contributed by atoms with Gasteiger partial charge in [0.25, 0.3) is 0 Å². The molecule has 2 aliphatic rings. The molecule has 2 aliphatic carbocycles. The summed E-state index contributed by atoms with van der Waals surface area (Å²) in [5.41, 5.74) is 9.16. The molecule has 2 aromatic carbocycles. The number of benzene rings is 2. The van der Waals surface area contributed by atoms with E-state index in [-0.39, 0.29) is 6.10 Å². The number of nitrogens with one attached hydrogen (secondary N) is 2. The van der Waals surface area contributed by atoms with E-state index < -0.39 is 5.60 Å². The van der Waals surface area contributed by atoms with Crippen molar-refractivity contribution in [1.29, 1.82) is 0 Å². The van der Waals surface area contributed by atoms with E-state index in [9.17, 15) is 5.11 Å². The predicted octanol–water partition coefficient (Wildman–Crippen LogP) is 7.22. The van der Waals surface area contributed by atoms with Crippen molar-refractivity contribution < 1.29 is 9.84 Å². The lowest BCUT2D eigenvalue weighted by molar-refractivity contribution is 0.0800. The highest BCUT2D eigenvalue weighted by Crippen LogP contribution is 2.38. The highest BCUT2D eigenvalue weighted by molar-refractivity contribution is 5.86. The number of aromatic nitrogens is 1. The number of para-hydroxylation sites is 1. The molecule has 37 heavy (non-hydrogen) atoms. The molecule has 0 radical (unpaired) electrons. The molecule has 0 saturated heterocycles. The molecule has 1 aromatic heterocycles. The van der Waals surface area contributed by atoms with Gasteiger partial charge in [0.15, 0.2) is 0 Å². The molecule has 1 saturated carbocycles. The van der Waals surface area contributed by atoms with Crippen LogP contribution < -0.4 is 5.32 Å². The molecule has 1 fully saturated rings. The van der Waals surface area contributed by atoms with Crippen LogP contribution in [0.15, 0.2) is 83.6 Å². The standard InChI is InChI=1S/C33H40N2O2/c1-22-8-12-24(27-16-17-31(37-4)29(27)15-9-22)20-23-10-13-26(14-11-23)34-19-18-25-21-35-32-28(25)6-5-7-30(32)33(2,3)36/h5-8,10-15,21-22,31,34-36H,9,16-20H2,1-4H3. The average Bonchev–Trinajstić information content (AvgIpc) is 3.48. The monoisotopic (exact) mass is 496 g/mol. The number of anilines is 1. The molecule has 4 nitrogen and oxygen atoms in total. The van der Waals surface area contributed by atoms with E-state index >= 15 is 0 Å². The lowest BCUT2D eigenvalue weighted by Gasteiger charge is -2.18. The first-order chi connectivity index (χ1) is 17.8. The van der Waals surface area contributed by atoms with Gasteiger partial charge in [-0.05, 0) is 91.8 Å². The minimum Gasteiger partial charge on any atom is -0.386 e. The Morgan fingerprint density at radius 3 is 2.70 bits per heavy atom. The highest BCUT2D eigenvalue weighted by Gasteiger charge is 2.28. The Bertz CT molecular complexity index is 1330. The summed E-state index contributed by atoms with van der Waals surface area (Å²) in [4.78, 5) is 3.38. The van der Waals surface area contributed by atoms with E-state index in [2.05, 4.69) is 72.0 Å². The van der Waals surface area contributed by atoms with Crippen molar-refractivity contribution in [3.8, 4) is 0 Å². The Hall–Kier alpha value is -3.08. The molecule has 0 aliphatic heterocycles. The van der Waals surface area contributed by atoms with Crippen LogP contribution in [-0.2, 0) is 23.2 Å². The quantitative estimate of drug-likeness (QED) is 0.309. The van der Waals surface area contributed by atoms with E-state index in [0.717, 1.165) is 55.4 Å². The summed E-state index contributed by atoms with van der Waals surface area (Å²) in [5, 5.41) is 15.3. The predicted molar refractivity (Wildman–Crippen MR) is 154 cm³/mol. The van der Waals surface area contributed by atoms with Crippen LogP contribution in [0.2, 0.25) is 0 Å². The van der Waals surface area contributed by atoms with Crippen LogP contribution in [0.4, 0.5) is 5.69 Å². The second-order valence-corrected chi connectivity index (χ2v) is 11.1. The summed E-state index contributed by atoms with van der Waals surface area (Å²) in [5.74, 6) is 0.549. The lowest BCUT2D eigenvalue weighted by Crippen LogP contribution is -2.15. The SMILES string of the molecule is COC1CCC2=C(Cc3ccc(NCCc4c[nH]c5c(C(C)(C)O)cccc45)cc3)C=CC(C)CC=C21.